The third-order valence-corrected chi connectivity index (χ3v) is 5.58. The fraction of sp³-hybridized carbons (Fsp3) is 0.947. The van der Waals surface area contributed by atoms with Crippen LogP contribution in [0, 0.1) is 17.8 Å². The maximum absolute atomic E-state index is 5.76. The van der Waals surface area contributed by atoms with Gasteiger partial charge in [-0.1, -0.05) is 26.7 Å². The van der Waals surface area contributed by atoms with Crippen LogP contribution < -0.4 is 5.32 Å². The van der Waals surface area contributed by atoms with E-state index in [9.17, 15) is 0 Å². The topological polar surface area (TPSA) is 46.1 Å². The molecule has 140 valence electrons. The summed E-state index contributed by atoms with van der Waals surface area (Å²) in [5, 5.41) is 3.51. The van der Waals surface area contributed by atoms with E-state index >= 15 is 0 Å². The highest BCUT2D eigenvalue weighted by Gasteiger charge is 2.29. The lowest BCUT2D eigenvalue weighted by Gasteiger charge is -2.24. The number of rotatable bonds is 9. The minimum atomic E-state index is 0.609. The van der Waals surface area contributed by atoms with E-state index in [1.165, 1.54) is 19.3 Å². The van der Waals surface area contributed by atoms with Crippen LogP contribution in [-0.4, -0.2) is 64.0 Å². The number of nitrogens with zero attached hydrogens (tertiary/aromatic N) is 2. The zero-order chi connectivity index (χ0) is 17.2. The maximum atomic E-state index is 5.76. The normalized spacial score (nSPS) is 25.0. The fourth-order valence-electron chi connectivity index (χ4n) is 3.99. The van der Waals surface area contributed by atoms with Crippen molar-refractivity contribution in [2.45, 2.75) is 46.0 Å². The van der Waals surface area contributed by atoms with Gasteiger partial charge in [-0.3, -0.25) is 4.99 Å². The first-order chi connectivity index (χ1) is 11.8. The second-order valence-electron chi connectivity index (χ2n) is 7.20. The molecule has 2 unspecified atom stereocenters. The van der Waals surface area contributed by atoms with Crippen LogP contribution in [0.3, 0.4) is 0 Å². The number of likely N-dealkylation sites (tertiary alicyclic amines) is 1. The summed E-state index contributed by atoms with van der Waals surface area (Å²) in [5.74, 6) is 3.36. The van der Waals surface area contributed by atoms with Gasteiger partial charge in [-0.05, 0) is 31.1 Å². The number of aliphatic imine (C=N–C) groups is 1. The van der Waals surface area contributed by atoms with E-state index in [-0.39, 0.29) is 0 Å². The van der Waals surface area contributed by atoms with Crippen LogP contribution in [0.15, 0.2) is 4.99 Å². The van der Waals surface area contributed by atoms with Crippen molar-refractivity contribution in [3.63, 3.8) is 0 Å². The molecule has 2 heterocycles. The molecule has 0 saturated carbocycles. The number of ether oxygens (including phenoxy) is 2. The Morgan fingerprint density at radius 1 is 1.33 bits per heavy atom. The number of nitrogens with one attached hydrogen (secondary N) is 1. The van der Waals surface area contributed by atoms with E-state index in [4.69, 9.17) is 9.47 Å². The quantitative estimate of drug-likeness (QED) is 0.399. The highest BCUT2D eigenvalue weighted by Crippen LogP contribution is 2.28. The van der Waals surface area contributed by atoms with Crippen molar-refractivity contribution in [1.29, 1.82) is 0 Å². The minimum absolute atomic E-state index is 0.609. The molecule has 2 aliphatic heterocycles. The third kappa shape index (κ3) is 5.92. The highest BCUT2D eigenvalue weighted by atomic mass is 16.5. The van der Waals surface area contributed by atoms with Gasteiger partial charge in [0.2, 0.25) is 0 Å². The van der Waals surface area contributed by atoms with Gasteiger partial charge in [0.1, 0.15) is 0 Å². The molecule has 2 rings (SSSR count). The van der Waals surface area contributed by atoms with Gasteiger partial charge in [0, 0.05) is 45.8 Å². The Morgan fingerprint density at radius 3 is 2.83 bits per heavy atom. The molecule has 2 aliphatic rings. The Morgan fingerprint density at radius 2 is 2.17 bits per heavy atom. The predicted octanol–water partition coefficient (Wildman–Crippen LogP) is 2.76. The Hall–Kier alpha value is -0.810. The molecule has 5 nitrogen and oxygen atoms in total. The summed E-state index contributed by atoms with van der Waals surface area (Å²) in [5.41, 5.74) is 0. The Bertz CT molecular complexity index is 366. The summed E-state index contributed by atoms with van der Waals surface area (Å²) in [6.45, 7) is 11.3. The van der Waals surface area contributed by atoms with E-state index in [1.807, 2.05) is 7.05 Å². The van der Waals surface area contributed by atoms with E-state index in [2.05, 4.69) is 29.1 Å². The summed E-state index contributed by atoms with van der Waals surface area (Å²) >= 11 is 0. The second-order valence-corrected chi connectivity index (χ2v) is 7.20. The fourth-order valence-corrected chi connectivity index (χ4v) is 3.99. The molecule has 0 aliphatic carbocycles. The van der Waals surface area contributed by atoms with Crippen LogP contribution in [0.4, 0.5) is 0 Å². The standard InChI is InChI=1S/C19H37N3O2/c1-4-17(5-2)18-7-10-22(13-18)19(20-3)21-9-6-11-23-14-16-8-12-24-15-16/h16-18H,4-15H2,1-3H3,(H,20,21). The van der Waals surface area contributed by atoms with Gasteiger partial charge in [-0.25, -0.2) is 0 Å². The van der Waals surface area contributed by atoms with Crippen LogP contribution in [0.2, 0.25) is 0 Å². The van der Waals surface area contributed by atoms with Gasteiger partial charge >= 0.3 is 0 Å². The Balaban J connectivity index is 1.58. The minimum Gasteiger partial charge on any atom is -0.381 e. The lowest BCUT2D eigenvalue weighted by molar-refractivity contribution is 0.0887. The predicted molar refractivity (Wildman–Crippen MR) is 99.5 cm³/mol. The molecule has 2 saturated heterocycles. The zero-order valence-electron chi connectivity index (χ0n) is 15.9. The highest BCUT2D eigenvalue weighted by molar-refractivity contribution is 5.80. The zero-order valence-corrected chi connectivity index (χ0v) is 15.9. The summed E-state index contributed by atoms with van der Waals surface area (Å²) in [6.07, 6.45) is 6.07. The van der Waals surface area contributed by atoms with E-state index in [0.717, 1.165) is 76.7 Å². The van der Waals surface area contributed by atoms with Crippen molar-refractivity contribution < 1.29 is 9.47 Å². The molecule has 0 spiro atoms. The first-order valence-electron chi connectivity index (χ1n) is 9.89. The van der Waals surface area contributed by atoms with Crippen molar-refractivity contribution in [2.75, 3.05) is 53.1 Å². The average Bonchev–Trinajstić information content (AvgIpc) is 3.27. The Kier molecular flexibility index (Phi) is 8.89. The van der Waals surface area contributed by atoms with E-state index in [1.54, 1.807) is 0 Å². The van der Waals surface area contributed by atoms with Crippen LogP contribution in [0.1, 0.15) is 46.0 Å². The number of hydrogen-bond donors (Lipinski definition) is 1. The van der Waals surface area contributed by atoms with Gasteiger partial charge in [0.25, 0.3) is 0 Å². The van der Waals surface area contributed by atoms with Gasteiger partial charge < -0.3 is 19.7 Å². The molecule has 2 atom stereocenters. The van der Waals surface area contributed by atoms with Gasteiger partial charge in [-0.2, -0.15) is 0 Å². The van der Waals surface area contributed by atoms with Gasteiger partial charge in [-0.15, -0.1) is 0 Å². The van der Waals surface area contributed by atoms with Crippen molar-refractivity contribution in [3.05, 3.63) is 0 Å². The lowest BCUT2D eigenvalue weighted by atomic mass is 9.87. The van der Waals surface area contributed by atoms with Gasteiger partial charge in [0.15, 0.2) is 5.96 Å². The molecule has 2 fully saturated rings. The largest absolute Gasteiger partial charge is 0.381 e. The molecule has 1 N–H and O–H groups in total. The van der Waals surface area contributed by atoms with Crippen LogP contribution in [0.25, 0.3) is 0 Å². The maximum Gasteiger partial charge on any atom is 0.193 e. The van der Waals surface area contributed by atoms with Crippen LogP contribution in [-0.2, 0) is 9.47 Å². The van der Waals surface area contributed by atoms with Crippen molar-refractivity contribution in [3.8, 4) is 0 Å². The van der Waals surface area contributed by atoms with Crippen LogP contribution in [0.5, 0.6) is 0 Å². The molecule has 5 heteroatoms. The summed E-state index contributed by atoms with van der Waals surface area (Å²) in [4.78, 5) is 6.90. The summed E-state index contributed by atoms with van der Waals surface area (Å²) in [6, 6.07) is 0. The van der Waals surface area contributed by atoms with Crippen molar-refractivity contribution >= 4 is 5.96 Å². The SMILES string of the molecule is CCC(CC)C1CCN(C(=NC)NCCCOCC2CCOC2)C1. The molecule has 0 radical (unpaired) electrons. The third-order valence-electron chi connectivity index (χ3n) is 5.58. The van der Waals surface area contributed by atoms with Crippen molar-refractivity contribution in [2.24, 2.45) is 22.7 Å². The average molecular weight is 340 g/mol. The lowest BCUT2D eigenvalue weighted by Crippen LogP contribution is -2.41. The molecule has 0 aromatic carbocycles. The first-order valence-corrected chi connectivity index (χ1v) is 9.89. The first kappa shape index (κ1) is 19.5. The van der Waals surface area contributed by atoms with Gasteiger partial charge in [0.05, 0.1) is 13.2 Å². The smallest absolute Gasteiger partial charge is 0.193 e. The second kappa shape index (κ2) is 10.9. The van der Waals surface area contributed by atoms with E-state index < -0.39 is 0 Å². The molecule has 24 heavy (non-hydrogen) atoms. The Labute approximate surface area is 148 Å². The molecular formula is C19H37N3O2. The molecule has 0 amide bonds. The van der Waals surface area contributed by atoms with Crippen molar-refractivity contribution in [1.82, 2.24) is 10.2 Å². The molecule has 0 aromatic rings. The number of hydrogen-bond acceptors (Lipinski definition) is 3. The monoisotopic (exact) mass is 339 g/mol. The number of guanidine groups is 1. The molecule has 0 bridgehead atoms. The van der Waals surface area contributed by atoms with Crippen LogP contribution >= 0.6 is 0 Å². The summed E-state index contributed by atoms with van der Waals surface area (Å²) < 4.78 is 11.1. The molecular weight excluding hydrogens is 302 g/mol. The summed E-state index contributed by atoms with van der Waals surface area (Å²) in [7, 11) is 1.89. The van der Waals surface area contributed by atoms with E-state index in [0.29, 0.717) is 5.92 Å². The molecule has 0 aromatic heterocycles.